The lowest BCUT2D eigenvalue weighted by atomic mass is 9.94. The fraction of sp³-hybridized carbons (Fsp3) is 0.750. The van der Waals surface area contributed by atoms with Gasteiger partial charge in [0.15, 0.2) is 0 Å². The van der Waals surface area contributed by atoms with Gasteiger partial charge in [0.2, 0.25) is 0 Å². The minimum Gasteiger partial charge on any atom is -0.366 e. The Hall–Kier alpha value is -1.16. The summed E-state index contributed by atoms with van der Waals surface area (Å²) in [5.41, 5.74) is 2.34. The zero-order valence-electron chi connectivity index (χ0n) is 13.5. The first-order chi connectivity index (χ1) is 9.52. The van der Waals surface area contributed by atoms with Gasteiger partial charge in [0.25, 0.3) is 0 Å². The van der Waals surface area contributed by atoms with E-state index < -0.39 is 0 Å². The van der Waals surface area contributed by atoms with Gasteiger partial charge in [-0.1, -0.05) is 20.8 Å². The molecule has 1 saturated heterocycles. The highest BCUT2D eigenvalue weighted by atomic mass is 15.2. The van der Waals surface area contributed by atoms with Crippen LogP contribution < -0.4 is 10.2 Å². The Balaban J connectivity index is 2.33. The van der Waals surface area contributed by atoms with Gasteiger partial charge < -0.3 is 10.2 Å². The summed E-state index contributed by atoms with van der Waals surface area (Å²) in [5, 5.41) is 3.24. The van der Waals surface area contributed by atoms with Crippen LogP contribution in [0, 0.1) is 5.92 Å². The van der Waals surface area contributed by atoms with Gasteiger partial charge in [-0.2, -0.15) is 0 Å². The summed E-state index contributed by atoms with van der Waals surface area (Å²) in [4.78, 5) is 11.8. The van der Waals surface area contributed by atoms with Gasteiger partial charge in [-0.3, -0.25) is 0 Å². The van der Waals surface area contributed by atoms with Crippen LogP contribution in [-0.4, -0.2) is 29.6 Å². The first kappa shape index (κ1) is 15.2. The first-order valence-electron chi connectivity index (χ1n) is 7.80. The molecule has 112 valence electrons. The van der Waals surface area contributed by atoms with Crippen LogP contribution in [0.15, 0.2) is 6.20 Å². The highest BCUT2D eigenvalue weighted by Crippen LogP contribution is 2.29. The molecule has 0 saturated carbocycles. The van der Waals surface area contributed by atoms with E-state index in [4.69, 9.17) is 4.98 Å². The molecule has 2 heterocycles. The van der Waals surface area contributed by atoms with Crippen LogP contribution in [0.1, 0.15) is 58.0 Å². The standard InChI is InChI=1S/C16H28N4/c1-11(2)16-18-9-15(14(19-16)8-17-5)20-10-12(3)6-7-13(20)4/h9,11-13,17H,6-8,10H2,1-5H3. The van der Waals surface area contributed by atoms with Crippen LogP contribution in [0.4, 0.5) is 5.69 Å². The van der Waals surface area contributed by atoms with Gasteiger partial charge >= 0.3 is 0 Å². The van der Waals surface area contributed by atoms with Crippen molar-refractivity contribution in [1.29, 1.82) is 0 Å². The lowest BCUT2D eigenvalue weighted by Crippen LogP contribution is -2.42. The molecule has 1 N–H and O–H groups in total. The smallest absolute Gasteiger partial charge is 0.131 e. The molecular formula is C16H28N4. The van der Waals surface area contributed by atoms with Crippen LogP contribution in [0.2, 0.25) is 0 Å². The number of rotatable bonds is 4. The fourth-order valence-electron chi connectivity index (χ4n) is 2.87. The normalized spacial score (nSPS) is 23.4. The van der Waals surface area contributed by atoms with E-state index in [-0.39, 0.29) is 0 Å². The molecule has 4 heteroatoms. The van der Waals surface area contributed by atoms with E-state index in [0.717, 1.165) is 30.5 Å². The van der Waals surface area contributed by atoms with Crippen molar-refractivity contribution in [2.24, 2.45) is 5.92 Å². The van der Waals surface area contributed by atoms with E-state index in [2.05, 4.69) is 42.9 Å². The van der Waals surface area contributed by atoms with E-state index >= 15 is 0 Å². The number of anilines is 1. The van der Waals surface area contributed by atoms with Gasteiger partial charge in [0.05, 0.1) is 17.6 Å². The topological polar surface area (TPSA) is 41.1 Å². The highest BCUT2D eigenvalue weighted by Gasteiger charge is 2.25. The van der Waals surface area contributed by atoms with E-state index in [0.29, 0.717) is 12.0 Å². The maximum atomic E-state index is 4.78. The molecule has 0 spiro atoms. The number of hydrogen-bond donors (Lipinski definition) is 1. The molecule has 1 aliphatic heterocycles. The van der Waals surface area contributed by atoms with Gasteiger partial charge in [-0.25, -0.2) is 9.97 Å². The number of nitrogens with zero attached hydrogens (tertiary/aromatic N) is 3. The molecule has 2 rings (SSSR count). The molecule has 1 aromatic heterocycles. The van der Waals surface area contributed by atoms with Crippen LogP contribution in [-0.2, 0) is 6.54 Å². The summed E-state index contributed by atoms with van der Waals surface area (Å²) >= 11 is 0. The van der Waals surface area contributed by atoms with Gasteiger partial charge in [0.1, 0.15) is 5.82 Å². The Morgan fingerprint density at radius 1 is 1.35 bits per heavy atom. The summed E-state index contributed by atoms with van der Waals surface area (Å²) in [7, 11) is 1.98. The molecule has 1 fully saturated rings. The third-order valence-corrected chi connectivity index (χ3v) is 4.15. The Bertz CT molecular complexity index is 444. The summed E-state index contributed by atoms with van der Waals surface area (Å²) in [5.74, 6) is 2.06. The second kappa shape index (κ2) is 6.53. The van der Waals surface area contributed by atoms with Crippen molar-refractivity contribution in [3.8, 4) is 0 Å². The lowest BCUT2D eigenvalue weighted by molar-refractivity contribution is 0.388. The SMILES string of the molecule is CNCc1nc(C(C)C)ncc1N1CC(C)CCC1C. The van der Waals surface area contributed by atoms with Crippen molar-refractivity contribution < 1.29 is 0 Å². The first-order valence-corrected chi connectivity index (χ1v) is 7.80. The highest BCUT2D eigenvalue weighted by molar-refractivity contribution is 5.50. The summed E-state index contributed by atoms with van der Waals surface area (Å²) in [6.45, 7) is 10.8. The second-order valence-corrected chi connectivity index (χ2v) is 6.43. The summed E-state index contributed by atoms with van der Waals surface area (Å²) in [6, 6.07) is 0.579. The number of hydrogen-bond acceptors (Lipinski definition) is 4. The zero-order chi connectivity index (χ0) is 14.7. The number of piperidine rings is 1. The van der Waals surface area contributed by atoms with Crippen molar-refractivity contribution in [1.82, 2.24) is 15.3 Å². The van der Waals surface area contributed by atoms with Crippen LogP contribution in [0.5, 0.6) is 0 Å². The predicted octanol–water partition coefficient (Wildman–Crippen LogP) is 2.94. The monoisotopic (exact) mass is 276 g/mol. The van der Waals surface area contributed by atoms with Crippen molar-refractivity contribution in [2.75, 3.05) is 18.5 Å². The quantitative estimate of drug-likeness (QED) is 0.918. The van der Waals surface area contributed by atoms with Crippen LogP contribution in [0.3, 0.4) is 0 Å². The number of aromatic nitrogens is 2. The van der Waals surface area contributed by atoms with Crippen LogP contribution in [0.25, 0.3) is 0 Å². The average Bonchev–Trinajstić information content (AvgIpc) is 2.42. The Morgan fingerprint density at radius 2 is 2.10 bits per heavy atom. The zero-order valence-corrected chi connectivity index (χ0v) is 13.5. The molecule has 0 radical (unpaired) electrons. The van der Waals surface area contributed by atoms with Crippen molar-refractivity contribution in [3.05, 3.63) is 17.7 Å². The minimum absolute atomic E-state index is 0.373. The molecule has 0 bridgehead atoms. The maximum Gasteiger partial charge on any atom is 0.131 e. The van der Waals surface area contributed by atoms with Crippen molar-refractivity contribution in [2.45, 2.75) is 59.0 Å². The molecule has 0 amide bonds. The summed E-state index contributed by atoms with van der Waals surface area (Å²) < 4.78 is 0. The molecule has 2 atom stereocenters. The molecular weight excluding hydrogens is 248 g/mol. The van der Waals surface area contributed by atoms with Gasteiger partial charge in [-0.15, -0.1) is 0 Å². The molecule has 1 aliphatic rings. The molecule has 0 aliphatic carbocycles. The van der Waals surface area contributed by atoms with Gasteiger partial charge in [0, 0.05) is 25.0 Å². The fourth-order valence-corrected chi connectivity index (χ4v) is 2.87. The van der Waals surface area contributed by atoms with Crippen molar-refractivity contribution in [3.63, 3.8) is 0 Å². The molecule has 1 aromatic rings. The maximum absolute atomic E-state index is 4.78. The largest absolute Gasteiger partial charge is 0.366 e. The van der Waals surface area contributed by atoms with Crippen molar-refractivity contribution >= 4 is 5.69 Å². The lowest BCUT2D eigenvalue weighted by Gasteiger charge is -2.39. The third kappa shape index (κ3) is 3.29. The Kier molecular flexibility index (Phi) is 4.97. The molecule has 4 nitrogen and oxygen atoms in total. The van der Waals surface area contributed by atoms with E-state index in [1.165, 1.54) is 18.5 Å². The predicted molar refractivity (Wildman–Crippen MR) is 84.1 cm³/mol. The number of nitrogens with one attached hydrogen (secondary N) is 1. The van der Waals surface area contributed by atoms with Gasteiger partial charge in [-0.05, 0) is 32.7 Å². The van der Waals surface area contributed by atoms with E-state index in [9.17, 15) is 0 Å². The second-order valence-electron chi connectivity index (χ2n) is 6.43. The Labute approximate surface area is 123 Å². The molecule has 2 unspecified atom stereocenters. The Morgan fingerprint density at radius 3 is 2.75 bits per heavy atom. The third-order valence-electron chi connectivity index (χ3n) is 4.15. The minimum atomic E-state index is 0.373. The average molecular weight is 276 g/mol. The molecule has 20 heavy (non-hydrogen) atoms. The van der Waals surface area contributed by atoms with E-state index in [1.807, 2.05) is 13.2 Å². The molecule has 0 aromatic carbocycles. The summed E-state index contributed by atoms with van der Waals surface area (Å²) in [6.07, 6.45) is 4.61. The van der Waals surface area contributed by atoms with Crippen LogP contribution >= 0.6 is 0 Å². The van der Waals surface area contributed by atoms with E-state index in [1.54, 1.807) is 0 Å².